The highest BCUT2D eigenvalue weighted by molar-refractivity contribution is 6.11. The second kappa shape index (κ2) is 4.21. The lowest BCUT2D eigenvalue weighted by Crippen LogP contribution is -2.02. The molecular formula is C16H10O3. The van der Waals surface area contributed by atoms with Crippen LogP contribution < -0.4 is 0 Å². The molecule has 0 saturated carbocycles. The Labute approximate surface area is 109 Å². The highest BCUT2D eigenvalue weighted by Gasteiger charge is 2.13. The minimum atomic E-state index is -1.09. The minimum absolute atomic E-state index is 0.0396. The molecule has 0 fully saturated rings. The van der Waals surface area contributed by atoms with Crippen LogP contribution in [0.1, 0.15) is 20.7 Å². The van der Waals surface area contributed by atoms with Crippen LogP contribution in [0.15, 0.2) is 48.5 Å². The van der Waals surface area contributed by atoms with Gasteiger partial charge < -0.3 is 5.11 Å². The Bertz CT molecular complexity index is 819. The van der Waals surface area contributed by atoms with Crippen molar-refractivity contribution >= 4 is 33.8 Å². The summed E-state index contributed by atoms with van der Waals surface area (Å²) >= 11 is 0. The van der Waals surface area contributed by atoms with Gasteiger partial charge in [-0.1, -0.05) is 30.3 Å². The smallest absolute Gasteiger partial charge is 0.336 e. The van der Waals surface area contributed by atoms with E-state index < -0.39 is 5.97 Å². The van der Waals surface area contributed by atoms with Crippen molar-refractivity contribution in [2.75, 3.05) is 0 Å². The average molecular weight is 250 g/mol. The largest absolute Gasteiger partial charge is 0.478 e. The Morgan fingerprint density at radius 1 is 0.947 bits per heavy atom. The van der Waals surface area contributed by atoms with Crippen molar-refractivity contribution in [3.8, 4) is 0 Å². The summed E-state index contributed by atoms with van der Waals surface area (Å²) in [4.78, 5) is 22.3. The lowest BCUT2D eigenvalue weighted by molar-refractivity contribution is 0.0694. The van der Waals surface area contributed by atoms with E-state index in [4.69, 9.17) is 5.11 Å². The second-order valence-electron chi connectivity index (χ2n) is 4.37. The van der Waals surface area contributed by atoms with Crippen LogP contribution in [0.2, 0.25) is 0 Å². The van der Waals surface area contributed by atoms with Crippen molar-refractivity contribution in [3.63, 3.8) is 0 Å². The molecule has 19 heavy (non-hydrogen) atoms. The van der Waals surface area contributed by atoms with Crippen LogP contribution in [0.5, 0.6) is 0 Å². The summed E-state index contributed by atoms with van der Waals surface area (Å²) in [5.41, 5.74) is 0.272. The Morgan fingerprint density at radius 2 is 1.63 bits per heavy atom. The fraction of sp³-hybridized carbons (Fsp3) is 0. The van der Waals surface area contributed by atoms with E-state index in [0.29, 0.717) is 11.7 Å². The molecule has 0 spiro atoms. The molecule has 0 aliphatic heterocycles. The van der Waals surface area contributed by atoms with Gasteiger partial charge >= 0.3 is 5.97 Å². The van der Waals surface area contributed by atoms with Crippen molar-refractivity contribution in [2.24, 2.45) is 0 Å². The van der Waals surface area contributed by atoms with Gasteiger partial charge in [0.05, 0.1) is 5.56 Å². The molecule has 0 bridgehead atoms. The van der Waals surface area contributed by atoms with Crippen LogP contribution in [0.3, 0.4) is 0 Å². The molecule has 0 aromatic heterocycles. The molecule has 0 aliphatic carbocycles. The van der Waals surface area contributed by atoms with E-state index >= 15 is 0 Å². The second-order valence-corrected chi connectivity index (χ2v) is 4.37. The standard InChI is InChI=1S/C16H10O3/c17-9-15-13(16(18)19)6-5-12-7-10-3-1-2-4-11(10)8-14(12)15/h1-9H,(H,18,19). The zero-order valence-electron chi connectivity index (χ0n) is 9.96. The molecule has 92 valence electrons. The summed E-state index contributed by atoms with van der Waals surface area (Å²) in [6.45, 7) is 0. The van der Waals surface area contributed by atoms with E-state index in [1.807, 2.05) is 36.4 Å². The maximum atomic E-state index is 11.2. The highest BCUT2D eigenvalue weighted by Crippen LogP contribution is 2.26. The molecule has 0 saturated heterocycles. The van der Waals surface area contributed by atoms with Gasteiger partial charge in [-0.15, -0.1) is 0 Å². The number of rotatable bonds is 2. The van der Waals surface area contributed by atoms with Crippen molar-refractivity contribution in [2.45, 2.75) is 0 Å². The van der Waals surface area contributed by atoms with Crippen LogP contribution >= 0.6 is 0 Å². The van der Waals surface area contributed by atoms with Crippen molar-refractivity contribution < 1.29 is 14.7 Å². The third-order valence-corrected chi connectivity index (χ3v) is 3.28. The van der Waals surface area contributed by atoms with Gasteiger partial charge in [0.25, 0.3) is 0 Å². The van der Waals surface area contributed by atoms with Crippen LogP contribution in [-0.4, -0.2) is 17.4 Å². The Hall–Kier alpha value is -2.68. The molecule has 3 nitrogen and oxygen atoms in total. The summed E-state index contributed by atoms with van der Waals surface area (Å²) in [6.07, 6.45) is 0.612. The zero-order valence-corrected chi connectivity index (χ0v) is 9.96. The molecule has 0 aliphatic rings. The third-order valence-electron chi connectivity index (χ3n) is 3.28. The Morgan fingerprint density at radius 3 is 2.26 bits per heavy atom. The predicted octanol–water partition coefficient (Wildman–Crippen LogP) is 3.50. The number of benzene rings is 3. The van der Waals surface area contributed by atoms with E-state index in [1.54, 1.807) is 6.07 Å². The van der Waals surface area contributed by atoms with Gasteiger partial charge in [0.15, 0.2) is 6.29 Å². The van der Waals surface area contributed by atoms with Crippen molar-refractivity contribution in [1.82, 2.24) is 0 Å². The van der Waals surface area contributed by atoms with Gasteiger partial charge in [0.1, 0.15) is 0 Å². The molecule has 0 unspecified atom stereocenters. The topological polar surface area (TPSA) is 54.4 Å². The van der Waals surface area contributed by atoms with Crippen LogP contribution in [-0.2, 0) is 0 Å². The molecule has 3 aromatic carbocycles. The summed E-state index contributed by atoms with van der Waals surface area (Å²) in [7, 11) is 0. The van der Waals surface area contributed by atoms with E-state index in [9.17, 15) is 9.59 Å². The molecule has 0 radical (unpaired) electrons. The molecule has 0 amide bonds. The first-order chi connectivity index (χ1) is 9.20. The number of carbonyl (C=O) groups is 2. The summed E-state index contributed by atoms with van der Waals surface area (Å²) < 4.78 is 0. The molecule has 3 heteroatoms. The molecule has 3 rings (SSSR count). The number of carboxylic acid groups (broad SMARTS) is 1. The minimum Gasteiger partial charge on any atom is -0.478 e. The predicted molar refractivity (Wildman–Crippen MR) is 73.8 cm³/mol. The number of aromatic carboxylic acids is 1. The van der Waals surface area contributed by atoms with Crippen LogP contribution in [0.4, 0.5) is 0 Å². The first-order valence-electron chi connectivity index (χ1n) is 5.84. The summed E-state index contributed by atoms with van der Waals surface area (Å²) in [5, 5.41) is 12.7. The third kappa shape index (κ3) is 1.76. The lowest BCUT2D eigenvalue weighted by atomic mass is 9.96. The number of carboxylic acids is 1. The molecular weight excluding hydrogens is 240 g/mol. The number of carbonyl (C=O) groups excluding carboxylic acids is 1. The van der Waals surface area contributed by atoms with Gasteiger partial charge in [-0.25, -0.2) is 4.79 Å². The maximum Gasteiger partial charge on any atom is 0.336 e. The van der Waals surface area contributed by atoms with Gasteiger partial charge in [-0.3, -0.25) is 4.79 Å². The van der Waals surface area contributed by atoms with E-state index in [-0.39, 0.29) is 11.1 Å². The van der Waals surface area contributed by atoms with E-state index in [0.717, 1.165) is 16.2 Å². The monoisotopic (exact) mass is 250 g/mol. The van der Waals surface area contributed by atoms with Gasteiger partial charge in [0.2, 0.25) is 0 Å². The number of hydrogen-bond acceptors (Lipinski definition) is 2. The van der Waals surface area contributed by atoms with Crippen LogP contribution in [0.25, 0.3) is 21.5 Å². The number of hydrogen-bond donors (Lipinski definition) is 1. The first-order valence-corrected chi connectivity index (χ1v) is 5.84. The van der Waals surface area contributed by atoms with E-state index in [1.165, 1.54) is 6.07 Å². The summed E-state index contributed by atoms with van der Waals surface area (Å²) in [6, 6.07) is 14.8. The van der Waals surface area contributed by atoms with Crippen molar-refractivity contribution in [3.05, 3.63) is 59.7 Å². The normalized spacial score (nSPS) is 10.7. The average Bonchev–Trinajstić information content (AvgIpc) is 2.43. The van der Waals surface area contributed by atoms with E-state index in [2.05, 4.69) is 0 Å². The van der Waals surface area contributed by atoms with Crippen LogP contribution in [0, 0.1) is 0 Å². The Kier molecular flexibility index (Phi) is 2.53. The SMILES string of the molecule is O=Cc1c(C(=O)O)ccc2cc3ccccc3cc12. The lowest BCUT2D eigenvalue weighted by Gasteiger charge is -2.07. The fourth-order valence-electron chi connectivity index (χ4n) is 2.35. The maximum absolute atomic E-state index is 11.2. The fourth-order valence-corrected chi connectivity index (χ4v) is 2.35. The molecule has 1 N–H and O–H groups in total. The quantitative estimate of drug-likeness (QED) is 0.559. The molecule has 0 atom stereocenters. The first kappa shape index (κ1) is 11.4. The molecule has 3 aromatic rings. The Balaban J connectivity index is 2.47. The van der Waals surface area contributed by atoms with Gasteiger partial charge in [0, 0.05) is 5.56 Å². The van der Waals surface area contributed by atoms with Gasteiger partial charge in [-0.2, -0.15) is 0 Å². The highest BCUT2D eigenvalue weighted by atomic mass is 16.4. The zero-order chi connectivity index (χ0) is 13.4. The van der Waals surface area contributed by atoms with Crippen molar-refractivity contribution in [1.29, 1.82) is 0 Å². The van der Waals surface area contributed by atoms with Gasteiger partial charge in [-0.05, 0) is 39.7 Å². The molecule has 0 heterocycles. The number of fused-ring (bicyclic) bond motifs is 2. The summed E-state index contributed by atoms with van der Waals surface area (Å²) in [5.74, 6) is -1.09. The number of aldehydes is 1.